The summed E-state index contributed by atoms with van der Waals surface area (Å²) in [7, 11) is 2.23. The SMILES string of the molecule is CCC[N@+]12[C@H](O)[C@@H](CC)[C@@H]3C[C@H]1[C@@H]1N(C)c4ccccc4[C@]14C[C@H]2[C@H]3[C@H]4O.O=C([O-])[C@H](O)[C@@H](O)C(=O)O. The van der Waals surface area contributed by atoms with Gasteiger partial charge in [0.2, 0.25) is 0 Å². The number of aliphatic hydroxyl groups is 4. The summed E-state index contributed by atoms with van der Waals surface area (Å²) in [5.74, 6) is -2.65. The maximum atomic E-state index is 11.9. The van der Waals surface area contributed by atoms with Crippen LogP contribution in [0.25, 0.3) is 0 Å². The third kappa shape index (κ3) is 3.16. The van der Waals surface area contributed by atoms with Crippen LogP contribution in [0.15, 0.2) is 24.3 Å². The molecule has 5 aliphatic heterocycles. The Bertz CT molecular complexity index is 1070. The van der Waals surface area contributed by atoms with Crippen LogP contribution in [0.5, 0.6) is 0 Å². The van der Waals surface area contributed by atoms with Crippen LogP contribution in [0.2, 0.25) is 0 Å². The van der Waals surface area contributed by atoms with Crippen molar-refractivity contribution >= 4 is 17.6 Å². The van der Waals surface area contributed by atoms with Gasteiger partial charge in [0.1, 0.15) is 12.1 Å². The minimum atomic E-state index is -2.38. The summed E-state index contributed by atoms with van der Waals surface area (Å²) in [5, 5.41) is 57.7. The van der Waals surface area contributed by atoms with Gasteiger partial charge in [-0.05, 0) is 30.4 Å². The molecule has 204 valence electrons. The first-order valence-electron chi connectivity index (χ1n) is 13.4. The van der Waals surface area contributed by atoms with Crippen molar-refractivity contribution in [2.45, 2.75) is 87.6 Å². The van der Waals surface area contributed by atoms with E-state index in [0.29, 0.717) is 35.9 Å². The van der Waals surface area contributed by atoms with Crippen molar-refractivity contribution < 1.29 is 44.7 Å². The molecule has 12 atom stereocenters. The van der Waals surface area contributed by atoms with Crippen LogP contribution in [-0.4, -0.2) is 98.2 Å². The molecule has 5 N–H and O–H groups in total. The van der Waals surface area contributed by atoms with Crippen molar-refractivity contribution in [2.24, 2.45) is 17.8 Å². The number of nitrogens with zero attached hydrogens (tertiary/aromatic N) is 2. The van der Waals surface area contributed by atoms with E-state index in [1.54, 1.807) is 0 Å². The number of carbonyl (C=O) groups is 2. The number of quaternary nitrogens is 1. The topological polar surface area (TPSA) is 162 Å². The van der Waals surface area contributed by atoms with Gasteiger partial charge in [0, 0.05) is 37.4 Å². The fraction of sp³-hybridized carbons (Fsp3) is 0.704. The van der Waals surface area contributed by atoms with Crippen LogP contribution < -0.4 is 10.0 Å². The van der Waals surface area contributed by atoms with Crippen molar-refractivity contribution in [3.8, 4) is 0 Å². The van der Waals surface area contributed by atoms with Gasteiger partial charge in [-0.15, -0.1) is 0 Å². The zero-order chi connectivity index (χ0) is 27.0. The molecule has 1 saturated carbocycles. The molecule has 0 aromatic heterocycles. The van der Waals surface area contributed by atoms with Crippen molar-refractivity contribution in [1.29, 1.82) is 0 Å². The summed E-state index contributed by atoms with van der Waals surface area (Å²) >= 11 is 0. The van der Waals surface area contributed by atoms with E-state index in [-0.39, 0.29) is 17.7 Å². The highest BCUT2D eigenvalue weighted by Gasteiger charge is 2.82. The summed E-state index contributed by atoms with van der Waals surface area (Å²) < 4.78 is 0.873. The summed E-state index contributed by atoms with van der Waals surface area (Å²) in [6, 6.07) is 9.97. The van der Waals surface area contributed by atoms with E-state index in [9.17, 15) is 24.9 Å². The standard InChI is InChI=1S/C23H33N2O2.C4H6O6/c1-4-10-25-17-11-14(13(5-2)22(25)27)19-18(25)12-23(21(19)26)15-8-6-7-9-16(15)24(3)20(17)23;5-1(3(7)8)2(6)4(9)10/h6-9,13-14,17-22,26-27H,4-5,10-12H2,1-3H3;1-2,5-6H,(H,7,8)(H,9,10)/q+1;/p-1/t13-,14-,17-,18-,19-,20-,21+,22+,23+,25-;1-,2-/m01/s1. The Morgan fingerprint density at radius 3 is 2.41 bits per heavy atom. The largest absolute Gasteiger partial charge is 0.547 e. The number of carbonyl (C=O) groups excluding carboxylic acids is 1. The molecule has 0 amide bonds. The molecule has 1 aliphatic carbocycles. The molecule has 7 rings (SSSR count). The highest BCUT2D eigenvalue weighted by atomic mass is 16.4. The lowest BCUT2D eigenvalue weighted by Gasteiger charge is -2.68. The Labute approximate surface area is 216 Å². The lowest BCUT2D eigenvalue weighted by Crippen LogP contribution is -2.83. The second-order valence-electron chi connectivity index (χ2n) is 11.6. The zero-order valence-corrected chi connectivity index (χ0v) is 21.5. The summed E-state index contributed by atoms with van der Waals surface area (Å²) in [6.07, 6.45) is -0.869. The molecule has 0 radical (unpaired) electrons. The lowest BCUT2D eigenvalue weighted by atomic mass is 9.60. The average Bonchev–Trinajstić information content (AvgIpc) is 3.26. The van der Waals surface area contributed by atoms with Gasteiger partial charge in [-0.25, -0.2) is 4.79 Å². The van der Waals surface area contributed by atoms with Crippen LogP contribution in [-0.2, 0) is 15.0 Å². The Morgan fingerprint density at radius 1 is 1.16 bits per heavy atom. The highest BCUT2D eigenvalue weighted by molar-refractivity contribution is 5.82. The molecule has 1 aromatic carbocycles. The van der Waals surface area contributed by atoms with E-state index < -0.39 is 24.1 Å². The number of carboxylic acid groups (broad SMARTS) is 2. The first kappa shape index (κ1) is 26.4. The maximum Gasteiger partial charge on any atom is 0.335 e. The van der Waals surface area contributed by atoms with Gasteiger partial charge < -0.3 is 40.3 Å². The molecular formula is C27H38N2O8. The van der Waals surface area contributed by atoms with Crippen LogP contribution in [0.1, 0.15) is 45.1 Å². The number of rotatable bonds is 6. The van der Waals surface area contributed by atoms with E-state index >= 15 is 0 Å². The van der Waals surface area contributed by atoms with Crippen molar-refractivity contribution in [3.05, 3.63) is 29.8 Å². The number of aliphatic carboxylic acids is 2. The predicted octanol–water partition coefficient (Wildman–Crippen LogP) is -0.978. The van der Waals surface area contributed by atoms with Crippen molar-refractivity contribution in [2.75, 3.05) is 18.5 Å². The normalized spacial score (nSPS) is 43.5. The van der Waals surface area contributed by atoms with Crippen LogP contribution in [0.3, 0.4) is 0 Å². The van der Waals surface area contributed by atoms with Crippen molar-refractivity contribution in [1.82, 2.24) is 0 Å². The van der Waals surface area contributed by atoms with Gasteiger partial charge >= 0.3 is 5.97 Å². The number of hydrogen-bond acceptors (Lipinski definition) is 8. The number of carboxylic acids is 2. The van der Waals surface area contributed by atoms with Gasteiger partial charge in [0.05, 0.1) is 36.1 Å². The number of hydrogen-bond donors (Lipinski definition) is 5. The molecule has 10 heteroatoms. The highest BCUT2D eigenvalue weighted by Crippen LogP contribution is 2.71. The van der Waals surface area contributed by atoms with E-state index in [2.05, 4.69) is 50.1 Å². The van der Waals surface area contributed by atoms with Gasteiger partial charge in [-0.2, -0.15) is 0 Å². The number of likely N-dealkylation sites (N-methyl/N-ethyl adjacent to an activating group) is 1. The fourth-order valence-electron chi connectivity index (χ4n) is 9.49. The molecule has 5 heterocycles. The second kappa shape index (κ2) is 8.91. The van der Waals surface area contributed by atoms with Crippen LogP contribution in [0.4, 0.5) is 5.69 Å². The number of fused-ring (bicyclic) bond motifs is 2. The molecule has 1 aromatic rings. The van der Waals surface area contributed by atoms with E-state index in [0.717, 1.165) is 30.3 Å². The summed E-state index contributed by atoms with van der Waals surface area (Å²) in [5.41, 5.74) is 2.56. The van der Waals surface area contributed by atoms with Crippen molar-refractivity contribution in [3.63, 3.8) is 0 Å². The Kier molecular flexibility index (Phi) is 6.35. The van der Waals surface area contributed by atoms with E-state index in [4.69, 9.17) is 15.3 Å². The third-order valence-corrected chi connectivity index (χ3v) is 10.5. The number of benzene rings is 1. The molecule has 4 saturated heterocycles. The van der Waals surface area contributed by atoms with Crippen LogP contribution >= 0.6 is 0 Å². The number of anilines is 1. The molecule has 10 nitrogen and oxygen atoms in total. The quantitative estimate of drug-likeness (QED) is 0.298. The molecule has 0 unspecified atom stereocenters. The monoisotopic (exact) mass is 518 g/mol. The molecular weight excluding hydrogens is 480 g/mol. The van der Waals surface area contributed by atoms with Crippen LogP contribution in [0, 0.1) is 17.8 Å². The Morgan fingerprint density at radius 2 is 1.84 bits per heavy atom. The molecule has 1 spiro atoms. The summed E-state index contributed by atoms with van der Waals surface area (Å²) in [6.45, 7) is 5.56. The first-order chi connectivity index (χ1) is 17.5. The number of piperidine rings is 4. The maximum absolute atomic E-state index is 11.9. The number of para-hydroxylation sites is 1. The minimum absolute atomic E-state index is 0.127. The number of aliphatic hydroxyl groups excluding tert-OH is 4. The molecule has 6 aliphatic rings. The van der Waals surface area contributed by atoms with Gasteiger partial charge in [0.25, 0.3) is 0 Å². The molecule has 37 heavy (non-hydrogen) atoms. The smallest absolute Gasteiger partial charge is 0.335 e. The van der Waals surface area contributed by atoms with E-state index in [1.165, 1.54) is 17.7 Å². The third-order valence-electron chi connectivity index (χ3n) is 10.5. The summed E-state index contributed by atoms with van der Waals surface area (Å²) in [4.78, 5) is 21.9. The van der Waals surface area contributed by atoms with Gasteiger partial charge in [0.15, 0.2) is 12.3 Å². The predicted molar refractivity (Wildman–Crippen MR) is 130 cm³/mol. The van der Waals surface area contributed by atoms with Gasteiger partial charge in [-0.3, -0.25) is 4.48 Å². The zero-order valence-electron chi connectivity index (χ0n) is 21.5. The Hall–Kier alpha value is -2.24. The average molecular weight is 519 g/mol. The molecule has 5 fully saturated rings. The first-order valence-corrected chi connectivity index (χ1v) is 13.4. The van der Waals surface area contributed by atoms with E-state index in [1.807, 2.05) is 0 Å². The van der Waals surface area contributed by atoms with Gasteiger partial charge in [-0.1, -0.05) is 32.0 Å². The minimum Gasteiger partial charge on any atom is -0.547 e. The lowest BCUT2D eigenvalue weighted by molar-refractivity contribution is -1.04. The fourth-order valence-corrected chi connectivity index (χ4v) is 9.49. The Balaban J connectivity index is 0.000000241. The molecule has 5 bridgehead atoms. The second-order valence-corrected chi connectivity index (χ2v) is 11.6.